The van der Waals surface area contributed by atoms with Crippen LogP contribution in [0.25, 0.3) is 39.9 Å². The third kappa shape index (κ3) is 3.92. The average Bonchev–Trinajstić information content (AvgIpc) is 3.47. The molecule has 0 radical (unpaired) electrons. The Labute approximate surface area is 188 Å². The lowest BCUT2D eigenvalue weighted by molar-refractivity contribution is 0.431. The molecule has 0 saturated heterocycles. The van der Waals surface area contributed by atoms with Crippen molar-refractivity contribution in [1.29, 1.82) is 0 Å². The number of rotatable bonds is 5. The van der Waals surface area contributed by atoms with Crippen LogP contribution in [0.2, 0.25) is 0 Å². The lowest BCUT2D eigenvalue weighted by Gasteiger charge is -2.08. The van der Waals surface area contributed by atoms with Gasteiger partial charge in [0.1, 0.15) is 17.2 Å². The highest BCUT2D eigenvalue weighted by Gasteiger charge is 2.24. The molecule has 3 aromatic heterocycles. The van der Waals surface area contributed by atoms with E-state index in [9.17, 15) is 8.60 Å². The molecule has 0 saturated carbocycles. The average molecular weight is 460 g/mol. The number of aromatic nitrogens is 6. The molecule has 1 unspecified atom stereocenters. The molecule has 0 bridgehead atoms. The SMILES string of the molecule is C=S(C)(=O)c1cccc(-c2noc(-c3nnn(-c4ccccc4F)c3-c3ccncc3)n2)c1. The molecule has 164 valence electrons. The molecule has 2 aromatic carbocycles. The molecule has 8 nitrogen and oxygen atoms in total. The molecule has 0 aliphatic carbocycles. The molecule has 1 atom stereocenters. The Bertz CT molecular complexity index is 1560. The highest BCUT2D eigenvalue weighted by Crippen LogP contribution is 2.32. The van der Waals surface area contributed by atoms with E-state index in [0.29, 0.717) is 21.7 Å². The van der Waals surface area contributed by atoms with E-state index in [1.165, 1.54) is 10.7 Å². The van der Waals surface area contributed by atoms with Gasteiger partial charge in [-0.25, -0.2) is 9.07 Å². The third-order valence-corrected chi connectivity index (χ3v) is 6.18. The number of hydrogen-bond acceptors (Lipinski definition) is 7. The Morgan fingerprint density at radius 1 is 1.03 bits per heavy atom. The summed E-state index contributed by atoms with van der Waals surface area (Å²) in [5.74, 6) is 3.66. The van der Waals surface area contributed by atoms with Crippen molar-refractivity contribution in [3.8, 4) is 39.9 Å². The molecule has 5 rings (SSSR count). The van der Waals surface area contributed by atoms with Gasteiger partial charge in [-0.05, 0) is 51.8 Å². The van der Waals surface area contributed by atoms with Crippen LogP contribution in [0.4, 0.5) is 4.39 Å². The van der Waals surface area contributed by atoms with E-state index < -0.39 is 15.3 Å². The number of benzene rings is 2. The molecule has 0 fully saturated rings. The minimum Gasteiger partial charge on any atom is -0.332 e. The van der Waals surface area contributed by atoms with Gasteiger partial charge < -0.3 is 4.52 Å². The fourth-order valence-electron chi connectivity index (χ4n) is 3.33. The number of nitrogens with zero attached hydrogens (tertiary/aromatic N) is 6. The molecule has 0 aliphatic heterocycles. The van der Waals surface area contributed by atoms with Gasteiger partial charge in [-0.15, -0.1) is 5.10 Å². The Kier molecular flexibility index (Phi) is 5.06. The summed E-state index contributed by atoms with van der Waals surface area (Å²) >= 11 is 0. The summed E-state index contributed by atoms with van der Waals surface area (Å²) < 4.78 is 33.8. The fourth-order valence-corrected chi connectivity index (χ4v) is 4.07. The second kappa shape index (κ2) is 8.06. The number of halogens is 1. The number of hydrogen-bond donors (Lipinski definition) is 0. The van der Waals surface area contributed by atoms with Crippen LogP contribution in [0, 0.1) is 5.82 Å². The van der Waals surface area contributed by atoms with Gasteiger partial charge >= 0.3 is 0 Å². The van der Waals surface area contributed by atoms with E-state index in [2.05, 4.69) is 31.3 Å². The number of para-hydroxylation sites is 1. The van der Waals surface area contributed by atoms with Crippen LogP contribution >= 0.6 is 0 Å². The van der Waals surface area contributed by atoms with Gasteiger partial charge in [-0.1, -0.05) is 34.6 Å². The summed E-state index contributed by atoms with van der Waals surface area (Å²) in [7, 11) is -2.41. The van der Waals surface area contributed by atoms with Crippen molar-refractivity contribution in [2.24, 2.45) is 0 Å². The minimum atomic E-state index is -2.41. The highest BCUT2D eigenvalue weighted by molar-refractivity contribution is 7.99. The lowest BCUT2D eigenvalue weighted by Crippen LogP contribution is -2.02. The predicted molar refractivity (Wildman–Crippen MR) is 123 cm³/mol. The Morgan fingerprint density at radius 3 is 2.58 bits per heavy atom. The first-order valence-electron chi connectivity index (χ1n) is 9.79. The van der Waals surface area contributed by atoms with Crippen molar-refractivity contribution in [1.82, 2.24) is 30.1 Å². The standard InChI is InChI=1S/C23H17FN6O2S/c1-33(2,31)17-7-5-6-16(14-17)22-26-23(32-28-22)20-21(15-10-12-25-13-11-15)30(29-27-20)19-9-4-3-8-18(19)24/h3-14H,1H2,2H3. The van der Waals surface area contributed by atoms with E-state index in [-0.39, 0.29) is 23.1 Å². The zero-order chi connectivity index (χ0) is 23.0. The van der Waals surface area contributed by atoms with Crippen molar-refractivity contribution in [3.05, 3.63) is 78.9 Å². The summed E-state index contributed by atoms with van der Waals surface area (Å²) in [6, 6.07) is 16.8. The molecule has 0 aliphatic rings. The van der Waals surface area contributed by atoms with Gasteiger partial charge in [0, 0.05) is 34.7 Å². The largest absolute Gasteiger partial charge is 0.332 e. The van der Waals surface area contributed by atoms with E-state index in [1.54, 1.807) is 73.2 Å². The first kappa shape index (κ1) is 20.7. The number of pyridine rings is 1. The van der Waals surface area contributed by atoms with Gasteiger partial charge in [0.25, 0.3) is 5.89 Å². The molecular formula is C23H17FN6O2S. The molecule has 0 N–H and O–H groups in total. The van der Waals surface area contributed by atoms with Gasteiger partial charge in [0.2, 0.25) is 5.82 Å². The Hall–Kier alpha value is -4.18. The zero-order valence-electron chi connectivity index (χ0n) is 17.4. The van der Waals surface area contributed by atoms with Gasteiger partial charge in [0.15, 0.2) is 5.69 Å². The second-order valence-corrected chi connectivity index (χ2v) is 9.82. The second-order valence-electron chi connectivity index (χ2n) is 7.34. The Balaban J connectivity index is 1.65. The minimum absolute atomic E-state index is 0.108. The monoisotopic (exact) mass is 460 g/mol. The van der Waals surface area contributed by atoms with Crippen molar-refractivity contribution in [2.45, 2.75) is 4.90 Å². The molecular weight excluding hydrogens is 443 g/mol. The zero-order valence-corrected chi connectivity index (χ0v) is 18.2. The quantitative estimate of drug-likeness (QED) is 0.367. The summed E-state index contributed by atoms with van der Waals surface area (Å²) in [6.45, 7) is 0. The first-order valence-corrected chi connectivity index (χ1v) is 11.9. The first-order chi connectivity index (χ1) is 15.9. The normalized spacial score (nSPS) is 13.0. The van der Waals surface area contributed by atoms with E-state index in [0.717, 1.165) is 0 Å². The Morgan fingerprint density at radius 2 is 1.82 bits per heavy atom. The molecule has 10 heteroatoms. The van der Waals surface area contributed by atoms with Crippen molar-refractivity contribution in [2.75, 3.05) is 6.26 Å². The summed E-state index contributed by atoms with van der Waals surface area (Å²) in [4.78, 5) is 9.10. The topological polar surface area (TPSA) is 99.6 Å². The summed E-state index contributed by atoms with van der Waals surface area (Å²) in [6.07, 6.45) is 4.79. The van der Waals surface area contributed by atoms with Crippen LogP contribution in [-0.2, 0) is 9.52 Å². The highest BCUT2D eigenvalue weighted by atomic mass is 32.2. The van der Waals surface area contributed by atoms with Crippen LogP contribution in [0.1, 0.15) is 0 Å². The molecule has 33 heavy (non-hydrogen) atoms. The predicted octanol–water partition coefficient (Wildman–Crippen LogP) is 3.89. The molecule has 0 spiro atoms. The van der Waals surface area contributed by atoms with Crippen LogP contribution in [0.5, 0.6) is 0 Å². The van der Waals surface area contributed by atoms with Crippen LogP contribution in [0.15, 0.2) is 82.5 Å². The molecule has 0 amide bonds. The van der Waals surface area contributed by atoms with Crippen molar-refractivity contribution in [3.63, 3.8) is 0 Å². The van der Waals surface area contributed by atoms with Gasteiger partial charge in [-0.2, -0.15) is 4.98 Å². The van der Waals surface area contributed by atoms with Gasteiger partial charge in [0.05, 0.1) is 0 Å². The fraction of sp³-hybridized carbons (Fsp3) is 0.0435. The van der Waals surface area contributed by atoms with Crippen LogP contribution in [-0.4, -0.2) is 46.5 Å². The van der Waals surface area contributed by atoms with E-state index in [4.69, 9.17) is 4.52 Å². The van der Waals surface area contributed by atoms with Crippen molar-refractivity contribution >= 4 is 15.4 Å². The summed E-state index contributed by atoms with van der Waals surface area (Å²) in [5.41, 5.74) is 2.30. The maximum absolute atomic E-state index is 14.6. The van der Waals surface area contributed by atoms with Crippen LogP contribution < -0.4 is 0 Å². The summed E-state index contributed by atoms with van der Waals surface area (Å²) in [5, 5.41) is 12.4. The third-order valence-electron chi connectivity index (χ3n) is 4.92. The maximum atomic E-state index is 14.6. The van der Waals surface area contributed by atoms with Crippen molar-refractivity contribution < 1.29 is 13.1 Å². The van der Waals surface area contributed by atoms with Crippen LogP contribution in [0.3, 0.4) is 0 Å². The van der Waals surface area contributed by atoms with Gasteiger partial charge in [-0.3, -0.25) is 9.19 Å². The van der Waals surface area contributed by atoms with E-state index >= 15 is 0 Å². The lowest BCUT2D eigenvalue weighted by atomic mass is 10.1. The smallest absolute Gasteiger partial charge is 0.281 e. The molecule has 5 aromatic rings. The van der Waals surface area contributed by atoms with E-state index in [1.807, 2.05) is 0 Å². The maximum Gasteiger partial charge on any atom is 0.281 e. The molecule has 3 heterocycles.